The first kappa shape index (κ1) is 16.6. The second-order valence-corrected chi connectivity index (χ2v) is 7.96. The average Bonchev–Trinajstić information content (AvgIpc) is 2.98. The molecule has 126 valence electrons. The zero-order valence-corrected chi connectivity index (χ0v) is 14.6. The summed E-state index contributed by atoms with van der Waals surface area (Å²) in [6, 6.07) is 5.41. The highest BCUT2D eigenvalue weighted by Gasteiger charge is 2.32. The zero-order chi connectivity index (χ0) is 17.3. The normalized spacial score (nSPS) is 15.8. The molecule has 0 radical (unpaired) electrons. The molecule has 6 heteroatoms. The first-order valence-corrected chi connectivity index (χ1v) is 8.84. The Morgan fingerprint density at radius 2 is 2.12 bits per heavy atom. The van der Waals surface area contributed by atoms with Crippen molar-refractivity contribution in [1.82, 2.24) is 10.3 Å². The molecule has 2 heterocycles. The predicted octanol–water partition coefficient (Wildman–Crippen LogP) is 2.56. The van der Waals surface area contributed by atoms with Gasteiger partial charge in [0.15, 0.2) is 5.78 Å². The van der Waals surface area contributed by atoms with E-state index in [4.69, 9.17) is 0 Å². The topological polar surface area (TPSA) is 79.0 Å². The van der Waals surface area contributed by atoms with Crippen molar-refractivity contribution in [3.05, 3.63) is 55.6 Å². The van der Waals surface area contributed by atoms with Gasteiger partial charge in [-0.1, -0.05) is 19.9 Å². The number of nitrogens with one attached hydrogen (secondary N) is 2. The molecule has 0 unspecified atom stereocenters. The lowest BCUT2D eigenvalue weighted by atomic mass is 9.75. The maximum atomic E-state index is 12.3. The number of hydrogen-bond acceptors (Lipinski definition) is 4. The summed E-state index contributed by atoms with van der Waals surface area (Å²) in [5.41, 5.74) is 0.506. The summed E-state index contributed by atoms with van der Waals surface area (Å²) >= 11 is 1.63. The van der Waals surface area contributed by atoms with Crippen LogP contribution in [-0.4, -0.2) is 23.2 Å². The van der Waals surface area contributed by atoms with Gasteiger partial charge in [0.05, 0.1) is 0 Å². The van der Waals surface area contributed by atoms with E-state index in [1.807, 2.05) is 31.4 Å². The summed E-state index contributed by atoms with van der Waals surface area (Å²) in [7, 11) is 0. The van der Waals surface area contributed by atoms with Gasteiger partial charge in [0.1, 0.15) is 5.56 Å². The van der Waals surface area contributed by atoms with Crippen LogP contribution in [0.15, 0.2) is 28.4 Å². The maximum absolute atomic E-state index is 12.3. The van der Waals surface area contributed by atoms with Gasteiger partial charge in [-0.15, -0.1) is 11.3 Å². The van der Waals surface area contributed by atoms with E-state index in [1.54, 1.807) is 11.3 Å². The molecule has 0 saturated carbocycles. The number of Topliss-reactive ketones (excluding diaryl/α,β-unsaturated/α-hetero) is 1. The summed E-state index contributed by atoms with van der Waals surface area (Å²) in [5, 5.41) is 4.74. The molecule has 0 aliphatic heterocycles. The average molecular weight is 344 g/mol. The number of rotatable bonds is 4. The molecule has 0 atom stereocenters. The fourth-order valence-electron chi connectivity index (χ4n) is 3.05. The molecule has 1 aliphatic rings. The summed E-state index contributed by atoms with van der Waals surface area (Å²) in [6.45, 7) is 4.45. The van der Waals surface area contributed by atoms with Gasteiger partial charge in [0.25, 0.3) is 11.5 Å². The largest absolute Gasteiger partial charge is 0.352 e. The third-order valence-corrected chi connectivity index (χ3v) is 5.14. The summed E-state index contributed by atoms with van der Waals surface area (Å²) in [4.78, 5) is 40.7. The van der Waals surface area contributed by atoms with E-state index in [0.29, 0.717) is 30.6 Å². The number of aromatic nitrogens is 1. The lowest BCUT2D eigenvalue weighted by Gasteiger charge is -2.29. The van der Waals surface area contributed by atoms with Crippen LogP contribution in [0, 0.1) is 5.41 Å². The van der Waals surface area contributed by atoms with Crippen molar-refractivity contribution < 1.29 is 9.59 Å². The Hall–Kier alpha value is -2.21. The number of aromatic amines is 1. The predicted molar refractivity (Wildman–Crippen MR) is 93.9 cm³/mol. The van der Waals surface area contributed by atoms with E-state index in [9.17, 15) is 14.4 Å². The monoisotopic (exact) mass is 344 g/mol. The van der Waals surface area contributed by atoms with Crippen molar-refractivity contribution in [2.75, 3.05) is 6.54 Å². The van der Waals surface area contributed by atoms with Gasteiger partial charge in [0, 0.05) is 29.1 Å². The molecule has 24 heavy (non-hydrogen) atoms. The first-order valence-electron chi connectivity index (χ1n) is 7.96. The second kappa shape index (κ2) is 6.36. The molecule has 0 fully saturated rings. The number of amides is 1. The van der Waals surface area contributed by atoms with E-state index >= 15 is 0 Å². The molecular formula is C18H20N2O3S. The minimum absolute atomic E-state index is 0.00739. The quantitative estimate of drug-likeness (QED) is 0.895. The Bertz CT molecular complexity index is 834. The SMILES string of the molecule is CC1(C)CC(=O)c2cc(C(=O)NCCc3cccs3)c(=O)[nH]c2C1. The maximum Gasteiger partial charge on any atom is 0.261 e. The van der Waals surface area contributed by atoms with Crippen LogP contribution in [0.2, 0.25) is 0 Å². The van der Waals surface area contributed by atoms with Crippen LogP contribution in [0.1, 0.15) is 51.6 Å². The van der Waals surface area contributed by atoms with Crippen molar-refractivity contribution in [2.24, 2.45) is 5.41 Å². The molecule has 3 rings (SSSR count). The van der Waals surface area contributed by atoms with Gasteiger partial charge in [-0.2, -0.15) is 0 Å². The number of fused-ring (bicyclic) bond motifs is 1. The van der Waals surface area contributed by atoms with Crippen molar-refractivity contribution in [1.29, 1.82) is 0 Å². The van der Waals surface area contributed by atoms with Gasteiger partial charge in [0.2, 0.25) is 0 Å². The van der Waals surface area contributed by atoms with Gasteiger partial charge in [-0.05, 0) is 35.8 Å². The number of thiophene rings is 1. The minimum atomic E-state index is -0.437. The van der Waals surface area contributed by atoms with Crippen LogP contribution in [0.5, 0.6) is 0 Å². The van der Waals surface area contributed by atoms with Gasteiger partial charge >= 0.3 is 0 Å². The number of carbonyl (C=O) groups excluding carboxylic acids is 2. The first-order chi connectivity index (χ1) is 11.4. The summed E-state index contributed by atoms with van der Waals surface area (Å²) in [5.74, 6) is -0.460. The van der Waals surface area contributed by atoms with Crippen molar-refractivity contribution >= 4 is 23.0 Å². The molecule has 0 spiro atoms. The Morgan fingerprint density at radius 3 is 2.83 bits per heavy atom. The molecule has 1 aliphatic carbocycles. The van der Waals surface area contributed by atoms with Crippen LogP contribution in [-0.2, 0) is 12.8 Å². The fourth-order valence-corrected chi connectivity index (χ4v) is 3.75. The Kier molecular flexibility index (Phi) is 4.41. The molecule has 0 saturated heterocycles. The summed E-state index contributed by atoms with van der Waals surface area (Å²) < 4.78 is 0. The number of carbonyl (C=O) groups is 2. The van der Waals surface area contributed by atoms with Crippen LogP contribution in [0.3, 0.4) is 0 Å². The van der Waals surface area contributed by atoms with Crippen LogP contribution in [0.25, 0.3) is 0 Å². The smallest absolute Gasteiger partial charge is 0.261 e. The standard InChI is InChI=1S/C18H20N2O3S/c1-18(2)9-14-12(15(21)10-18)8-13(17(23)20-14)16(22)19-6-5-11-4-3-7-24-11/h3-4,7-8H,5-6,9-10H2,1-2H3,(H,19,22)(H,20,23). The van der Waals surface area contributed by atoms with Crippen LogP contribution in [0.4, 0.5) is 0 Å². The van der Waals surface area contributed by atoms with Crippen molar-refractivity contribution in [3.8, 4) is 0 Å². The van der Waals surface area contributed by atoms with Crippen LogP contribution >= 0.6 is 11.3 Å². The number of ketones is 1. The lowest BCUT2D eigenvalue weighted by molar-refractivity contribution is 0.0910. The van der Waals surface area contributed by atoms with E-state index < -0.39 is 11.5 Å². The second-order valence-electron chi connectivity index (χ2n) is 6.93. The molecule has 0 bridgehead atoms. The molecule has 2 aromatic rings. The number of H-pyrrole nitrogens is 1. The highest BCUT2D eigenvalue weighted by Crippen LogP contribution is 2.33. The zero-order valence-electron chi connectivity index (χ0n) is 13.8. The lowest BCUT2D eigenvalue weighted by Crippen LogP contribution is -2.35. The van der Waals surface area contributed by atoms with Gasteiger partial charge in [-0.25, -0.2) is 0 Å². The van der Waals surface area contributed by atoms with E-state index in [-0.39, 0.29) is 16.8 Å². The van der Waals surface area contributed by atoms with E-state index in [1.165, 1.54) is 10.9 Å². The number of pyridine rings is 1. The molecular weight excluding hydrogens is 324 g/mol. The molecule has 2 aromatic heterocycles. The third-order valence-electron chi connectivity index (χ3n) is 4.20. The van der Waals surface area contributed by atoms with Crippen molar-refractivity contribution in [2.45, 2.75) is 33.1 Å². The van der Waals surface area contributed by atoms with Gasteiger partial charge in [-0.3, -0.25) is 14.4 Å². The Labute approximate surface area is 144 Å². The molecule has 1 amide bonds. The molecule has 2 N–H and O–H groups in total. The van der Waals surface area contributed by atoms with Crippen molar-refractivity contribution in [3.63, 3.8) is 0 Å². The number of hydrogen-bond donors (Lipinski definition) is 2. The Balaban J connectivity index is 1.76. The summed E-state index contributed by atoms with van der Waals surface area (Å²) in [6.07, 6.45) is 1.77. The molecule has 5 nitrogen and oxygen atoms in total. The van der Waals surface area contributed by atoms with E-state index in [0.717, 1.165) is 6.42 Å². The fraction of sp³-hybridized carbons (Fsp3) is 0.389. The minimum Gasteiger partial charge on any atom is -0.352 e. The Morgan fingerprint density at radius 1 is 1.33 bits per heavy atom. The van der Waals surface area contributed by atoms with Crippen LogP contribution < -0.4 is 10.9 Å². The molecule has 0 aromatic carbocycles. The van der Waals surface area contributed by atoms with Gasteiger partial charge < -0.3 is 10.3 Å². The van der Waals surface area contributed by atoms with E-state index in [2.05, 4.69) is 10.3 Å². The highest BCUT2D eigenvalue weighted by atomic mass is 32.1. The third kappa shape index (κ3) is 3.48. The highest BCUT2D eigenvalue weighted by molar-refractivity contribution is 7.09.